The van der Waals surface area contributed by atoms with E-state index in [1.807, 2.05) is 0 Å². The fourth-order valence-corrected chi connectivity index (χ4v) is 2.39. The molecule has 20 heavy (non-hydrogen) atoms. The Hall–Kier alpha value is -1.36. The van der Waals surface area contributed by atoms with Crippen LogP contribution in [0.25, 0.3) is 0 Å². The van der Waals surface area contributed by atoms with E-state index in [1.165, 1.54) is 0 Å². The van der Waals surface area contributed by atoms with Crippen LogP contribution in [0, 0.1) is 5.92 Å². The number of rotatable bonds is 4. The molecule has 1 aromatic heterocycles. The lowest BCUT2D eigenvalue weighted by molar-refractivity contribution is -0.144. The van der Waals surface area contributed by atoms with Crippen LogP contribution >= 0.6 is 0 Å². The topological polar surface area (TPSA) is 72.6 Å². The van der Waals surface area contributed by atoms with Crippen molar-refractivity contribution in [2.24, 2.45) is 5.92 Å². The van der Waals surface area contributed by atoms with Gasteiger partial charge in [0.15, 0.2) is 0 Å². The van der Waals surface area contributed by atoms with Gasteiger partial charge in [0, 0.05) is 5.41 Å². The first-order valence-electron chi connectivity index (χ1n) is 7.16. The van der Waals surface area contributed by atoms with E-state index >= 15 is 0 Å². The molecule has 0 unspecified atom stereocenters. The van der Waals surface area contributed by atoms with E-state index in [4.69, 9.17) is 14.3 Å². The van der Waals surface area contributed by atoms with Gasteiger partial charge in [0.2, 0.25) is 5.89 Å². The summed E-state index contributed by atoms with van der Waals surface area (Å²) in [7, 11) is 0. The smallest absolute Gasteiger partial charge is 0.306 e. The van der Waals surface area contributed by atoms with Crippen molar-refractivity contribution in [1.82, 2.24) is 4.98 Å². The number of carboxylic acid groups (broad SMARTS) is 1. The summed E-state index contributed by atoms with van der Waals surface area (Å²) in [6, 6.07) is 0. The van der Waals surface area contributed by atoms with Crippen LogP contribution in [0.4, 0.5) is 0 Å². The second kappa shape index (κ2) is 5.95. The molecule has 0 spiro atoms. The van der Waals surface area contributed by atoms with Gasteiger partial charge < -0.3 is 14.3 Å². The SMILES string of the molecule is CC(C)(C)c1cnc(COC2CCC(C(=O)O)CC2)o1. The lowest BCUT2D eigenvalue weighted by Gasteiger charge is -2.25. The van der Waals surface area contributed by atoms with E-state index in [0.717, 1.165) is 18.6 Å². The molecule has 2 rings (SSSR count). The summed E-state index contributed by atoms with van der Waals surface area (Å²) in [6.45, 7) is 6.58. The molecule has 0 radical (unpaired) electrons. The fraction of sp³-hybridized carbons (Fsp3) is 0.733. The molecule has 112 valence electrons. The molecule has 1 heterocycles. The fourth-order valence-electron chi connectivity index (χ4n) is 2.39. The van der Waals surface area contributed by atoms with Gasteiger partial charge in [-0.2, -0.15) is 0 Å². The number of oxazole rings is 1. The molecule has 1 aliphatic carbocycles. The molecular formula is C15H23NO4. The van der Waals surface area contributed by atoms with Gasteiger partial charge in [-0.15, -0.1) is 0 Å². The molecule has 1 aliphatic rings. The molecule has 1 aromatic rings. The van der Waals surface area contributed by atoms with Crippen molar-refractivity contribution in [3.8, 4) is 0 Å². The highest BCUT2D eigenvalue weighted by Gasteiger charge is 2.26. The third kappa shape index (κ3) is 3.82. The van der Waals surface area contributed by atoms with Crippen LogP contribution in [-0.2, 0) is 21.6 Å². The summed E-state index contributed by atoms with van der Waals surface area (Å²) < 4.78 is 11.4. The summed E-state index contributed by atoms with van der Waals surface area (Å²) in [5.41, 5.74) is -0.0508. The summed E-state index contributed by atoms with van der Waals surface area (Å²) >= 11 is 0. The maximum absolute atomic E-state index is 10.9. The number of aromatic nitrogens is 1. The predicted molar refractivity (Wildman–Crippen MR) is 73.4 cm³/mol. The minimum atomic E-state index is -0.689. The van der Waals surface area contributed by atoms with Crippen LogP contribution in [0.5, 0.6) is 0 Å². The quantitative estimate of drug-likeness (QED) is 0.918. The number of carbonyl (C=O) groups is 1. The molecule has 5 nitrogen and oxygen atoms in total. The van der Waals surface area contributed by atoms with Crippen molar-refractivity contribution in [3.05, 3.63) is 17.8 Å². The summed E-state index contributed by atoms with van der Waals surface area (Å²) in [4.78, 5) is 15.1. The van der Waals surface area contributed by atoms with Gasteiger partial charge in [0.1, 0.15) is 12.4 Å². The minimum Gasteiger partial charge on any atom is -0.481 e. The molecular weight excluding hydrogens is 258 g/mol. The van der Waals surface area contributed by atoms with E-state index in [2.05, 4.69) is 25.8 Å². The second-order valence-electron chi connectivity index (χ2n) is 6.49. The molecule has 0 aromatic carbocycles. The largest absolute Gasteiger partial charge is 0.481 e. The zero-order chi connectivity index (χ0) is 14.8. The van der Waals surface area contributed by atoms with E-state index < -0.39 is 5.97 Å². The van der Waals surface area contributed by atoms with Gasteiger partial charge in [-0.05, 0) is 25.7 Å². The van der Waals surface area contributed by atoms with Crippen molar-refractivity contribution in [2.75, 3.05) is 0 Å². The van der Waals surface area contributed by atoms with Gasteiger partial charge in [-0.3, -0.25) is 4.79 Å². The van der Waals surface area contributed by atoms with Crippen LogP contribution in [0.2, 0.25) is 0 Å². The number of ether oxygens (including phenoxy) is 1. The number of carboxylic acids is 1. The van der Waals surface area contributed by atoms with E-state index in [9.17, 15) is 4.79 Å². The third-order valence-electron chi connectivity index (χ3n) is 3.76. The normalized spacial score (nSPS) is 23.8. The minimum absolute atomic E-state index is 0.0508. The van der Waals surface area contributed by atoms with Crippen LogP contribution < -0.4 is 0 Å². The second-order valence-corrected chi connectivity index (χ2v) is 6.49. The van der Waals surface area contributed by atoms with Gasteiger partial charge in [0.25, 0.3) is 0 Å². The maximum Gasteiger partial charge on any atom is 0.306 e. The standard InChI is InChI=1S/C15H23NO4/c1-15(2,3)12-8-16-13(20-12)9-19-11-6-4-10(5-7-11)14(17)18/h8,10-11H,4-7,9H2,1-3H3,(H,17,18). The lowest BCUT2D eigenvalue weighted by Crippen LogP contribution is -2.25. The first kappa shape index (κ1) is 15.0. The number of nitrogens with zero attached hydrogens (tertiary/aromatic N) is 1. The Morgan fingerprint density at radius 2 is 2.05 bits per heavy atom. The Bertz CT molecular complexity index is 453. The van der Waals surface area contributed by atoms with E-state index in [1.54, 1.807) is 6.20 Å². The Morgan fingerprint density at radius 1 is 1.40 bits per heavy atom. The Balaban J connectivity index is 1.79. The lowest BCUT2D eigenvalue weighted by atomic mass is 9.87. The number of hydrogen-bond donors (Lipinski definition) is 1. The highest BCUT2D eigenvalue weighted by atomic mass is 16.5. The Labute approximate surface area is 119 Å². The highest BCUT2D eigenvalue weighted by molar-refractivity contribution is 5.70. The number of aliphatic carboxylic acids is 1. The average molecular weight is 281 g/mol. The van der Waals surface area contributed by atoms with Crippen LogP contribution in [0.15, 0.2) is 10.6 Å². The van der Waals surface area contributed by atoms with Crippen molar-refractivity contribution < 1.29 is 19.1 Å². The molecule has 1 fully saturated rings. The van der Waals surface area contributed by atoms with Gasteiger partial charge in [-0.1, -0.05) is 20.8 Å². The summed E-state index contributed by atoms with van der Waals surface area (Å²) in [5.74, 6) is 0.552. The van der Waals surface area contributed by atoms with E-state index in [0.29, 0.717) is 25.3 Å². The molecule has 0 bridgehead atoms. The molecule has 1 saturated carbocycles. The highest BCUT2D eigenvalue weighted by Crippen LogP contribution is 2.27. The molecule has 0 atom stereocenters. The van der Waals surface area contributed by atoms with Crippen LogP contribution in [0.1, 0.15) is 58.1 Å². The van der Waals surface area contributed by atoms with Crippen LogP contribution in [-0.4, -0.2) is 22.2 Å². The first-order valence-corrected chi connectivity index (χ1v) is 7.16. The van der Waals surface area contributed by atoms with E-state index in [-0.39, 0.29) is 17.4 Å². The molecule has 5 heteroatoms. The monoisotopic (exact) mass is 281 g/mol. The molecule has 1 N–H and O–H groups in total. The zero-order valence-corrected chi connectivity index (χ0v) is 12.4. The first-order chi connectivity index (χ1) is 9.36. The summed E-state index contributed by atoms with van der Waals surface area (Å²) in [5, 5.41) is 8.95. The zero-order valence-electron chi connectivity index (χ0n) is 12.4. The van der Waals surface area contributed by atoms with Crippen molar-refractivity contribution >= 4 is 5.97 Å². The van der Waals surface area contributed by atoms with Crippen molar-refractivity contribution in [3.63, 3.8) is 0 Å². The molecule has 0 saturated heterocycles. The maximum atomic E-state index is 10.9. The third-order valence-corrected chi connectivity index (χ3v) is 3.76. The average Bonchev–Trinajstić information content (AvgIpc) is 2.85. The number of hydrogen-bond acceptors (Lipinski definition) is 4. The molecule has 0 amide bonds. The molecule has 0 aliphatic heterocycles. The Kier molecular flexibility index (Phi) is 4.48. The van der Waals surface area contributed by atoms with Gasteiger partial charge in [-0.25, -0.2) is 4.98 Å². The van der Waals surface area contributed by atoms with Gasteiger partial charge in [0.05, 0.1) is 18.2 Å². The Morgan fingerprint density at radius 3 is 2.55 bits per heavy atom. The predicted octanol–water partition coefficient (Wildman–Crippen LogP) is 3.13. The van der Waals surface area contributed by atoms with Crippen molar-refractivity contribution in [1.29, 1.82) is 0 Å². The summed E-state index contributed by atoms with van der Waals surface area (Å²) in [6.07, 6.45) is 4.85. The van der Waals surface area contributed by atoms with Crippen LogP contribution in [0.3, 0.4) is 0 Å². The van der Waals surface area contributed by atoms with Gasteiger partial charge >= 0.3 is 5.97 Å². The van der Waals surface area contributed by atoms with Crippen molar-refractivity contribution in [2.45, 2.75) is 64.6 Å².